The summed E-state index contributed by atoms with van der Waals surface area (Å²) in [5, 5.41) is 3.16. The van der Waals surface area contributed by atoms with E-state index in [1.165, 1.54) is 0 Å². The van der Waals surface area contributed by atoms with E-state index in [0.717, 1.165) is 24.6 Å². The fourth-order valence-corrected chi connectivity index (χ4v) is 1.31. The second kappa shape index (κ2) is 5.53. The lowest BCUT2D eigenvalue weighted by atomic mass is 10.1. The second-order valence-electron chi connectivity index (χ2n) is 3.84. The van der Waals surface area contributed by atoms with Crippen molar-refractivity contribution >= 4 is 5.82 Å². The van der Waals surface area contributed by atoms with Gasteiger partial charge in [0.15, 0.2) is 0 Å². The quantitative estimate of drug-likeness (QED) is 0.807. The van der Waals surface area contributed by atoms with Gasteiger partial charge in [-0.2, -0.15) is 4.98 Å². The van der Waals surface area contributed by atoms with E-state index in [9.17, 15) is 0 Å². The molecule has 1 aromatic rings. The third-order valence-corrected chi connectivity index (χ3v) is 1.91. The van der Waals surface area contributed by atoms with Gasteiger partial charge in [-0.15, -0.1) is 0 Å². The smallest absolute Gasteiger partial charge is 0.218 e. The maximum atomic E-state index is 5.13. The summed E-state index contributed by atoms with van der Waals surface area (Å²) in [6.45, 7) is 7.18. The lowest BCUT2D eigenvalue weighted by Gasteiger charge is -2.09. The molecule has 0 bridgehead atoms. The molecule has 0 unspecified atom stereocenters. The highest BCUT2D eigenvalue weighted by atomic mass is 16.5. The number of nitrogens with one attached hydrogen (secondary N) is 1. The Morgan fingerprint density at radius 2 is 2.13 bits per heavy atom. The van der Waals surface area contributed by atoms with Crippen molar-refractivity contribution in [2.45, 2.75) is 27.2 Å². The van der Waals surface area contributed by atoms with E-state index < -0.39 is 0 Å². The average molecular weight is 209 g/mol. The summed E-state index contributed by atoms with van der Waals surface area (Å²) in [6.07, 6.45) is 0.871. The van der Waals surface area contributed by atoms with Crippen LogP contribution in [0.4, 0.5) is 5.82 Å². The van der Waals surface area contributed by atoms with Crippen LogP contribution in [-0.4, -0.2) is 23.6 Å². The molecule has 4 nitrogen and oxygen atoms in total. The molecule has 0 amide bonds. The van der Waals surface area contributed by atoms with Crippen molar-refractivity contribution in [1.82, 2.24) is 9.97 Å². The molecule has 15 heavy (non-hydrogen) atoms. The fraction of sp³-hybridized carbons (Fsp3) is 0.636. The number of methoxy groups -OCH3 is 1. The number of hydrogen-bond acceptors (Lipinski definition) is 4. The third kappa shape index (κ3) is 3.73. The molecule has 0 aliphatic rings. The predicted octanol–water partition coefficient (Wildman–Crippen LogP) is 2.12. The summed E-state index contributed by atoms with van der Waals surface area (Å²) in [7, 11) is 1.62. The molecule has 0 radical (unpaired) electrons. The van der Waals surface area contributed by atoms with Crippen LogP contribution in [-0.2, 0) is 6.42 Å². The lowest BCUT2D eigenvalue weighted by Crippen LogP contribution is -2.07. The molecule has 84 valence electrons. The highest BCUT2D eigenvalue weighted by Gasteiger charge is 2.06. The average Bonchev–Trinajstić information content (AvgIpc) is 2.16. The van der Waals surface area contributed by atoms with Crippen LogP contribution in [0.25, 0.3) is 0 Å². The molecule has 0 aromatic carbocycles. The van der Waals surface area contributed by atoms with E-state index in [-0.39, 0.29) is 0 Å². The van der Waals surface area contributed by atoms with Gasteiger partial charge < -0.3 is 10.1 Å². The van der Waals surface area contributed by atoms with Crippen LogP contribution in [0.2, 0.25) is 0 Å². The minimum atomic E-state index is 0.548. The van der Waals surface area contributed by atoms with Crippen LogP contribution in [0.15, 0.2) is 6.07 Å². The molecular formula is C11H19N3O. The van der Waals surface area contributed by atoms with Gasteiger partial charge >= 0.3 is 0 Å². The van der Waals surface area contributed by atoms with Gasteiger partial charge in [0, 0.05) is 19.0 Å². The van der Waals surface area contributed by atoms with Gasteiger partial charge in [-0.1, -0.05) is 13.8 Å². The Hall–Kier alpha value is -1.32. The van der Waals surface area contributed by atoms with Crippen LogP contribution in [0.3, 0.4) is 0 Å². The zero-order valence-corrected chi connectivity index (χ0v) is 9.87. The monoisotopic (exact) mass is 209 g/mol. The van der Waals surface area contributed by atoms with E-state index in [1.54, 1.807) is 7.11 Å². The first-order valence-electron chi connectivity index (χ1n) is 5.31. The highest BCUT2D eigenvalue weighted by molar-refractivity contribution is 5.38. The summed E-state index contributed by atoms with van der Waals surface area (Å²) in [4.78, 5) is 8.71. The van der Waals surface area contributed by atoms with Crippen LogP contribution in [0.1, 0.15) is 26.6 Å². The van der Waals surface area contributed by atoms with Gasteiger partial charge in [0.05, 0.1) is 7.11 Å². The molecule has 0 saturated carbocycles. The molecule has 1 rings (SSSR count). The highest BCUT2D eigenvalue weighted by Crippen LogP contribution is 2.14. The Bertz CT molecular complexity index is 313. The summed E-state index contributed by atoms with van der Waals surface area (Å²) in [5.41, 5.74) is 0. The topological polar surface area (TPSA) is 47.0 Å². The normalized spacial score (nSPS) is 10.5. The van der Waals surface area contributed by atoms with Gasteiger partial charge in [-0.3, -0.25) is 0 Å². The number of anilines is 1. The molecule has 1 aromatic heterocycles. The maximum absolute atomic E-state index is 5.13. The minimum Gasteiger partial charge on any atom is -0.481 e. The van der Waals surface area contributed by atoms with Crippen molar-refractivity contribution in [1.29, 1.82) is 0 Å². The van der Waals surface area contributed by atoms with E-state index in [1.807, 2.05) is 13.0 Å². The van der Waals surface area contributed by atoms with Crippen LogP contribution < -0.4 is 10.1 Å². The molecule has 1 N–H and O–H groups in total. The van der Waals surface area contributed by atoms with Crippen molar-refractivity contribution in [3.8, 4) is 5.88 Å². The zero-order valence-electron chi connectivity index (χ0n) is 9.87. The Labute approximate surface area is 91.1 Å². The molecular weight excluding hydrogens is 190 g/mol. The molecule has 0 aliphatic carbocycles. The van der Waals surface area contributed by atoms with Crippen LogP contribution >= 0.6 is 0 Å². The number of ether oxygens (including phenoxy) is 1. The summed E-state index contributed by atoms with van der Waals surface area (Å²) in [5.74, 6) is 2.84. The van der Waals surface area contributed by atoms with E-state index in [0.29, 0.717) is 11.8 Å². The zero-order chi connectivity index (χ0) is 11.3. The van der Waals surface area contributed by atoms with Crippen molar-refractivity contribution in [2.24, 2.45) is 5.92 Å². The number of nitrogens with zero attached hydrogens (tertiary/aromatic N) is 2. The fourth-order valence-electron chi connectivity index (χ4n) is 1.31. The standard InChI is InChI=1S/C11H19N3O/c1-5-12-9-7-11(15-4)14-10(13-9)6-8(2)3/h7-8H,5-6H2,1-4H3,(H,12,13,14). The lowest BCUT2D eigenvalue weighted by molar-refractivity contribution is 0.394. The van der Waals surface area contributed by atoms with Crippen LogP contribution in [0, 0.1) is 5.92 Å². The Balaban J connectivity index is 2.89. The molecule has 0 spiro atoms. The predicted molar refractivity (Wildman–Crippen MR) is 61.3 cm³/mol. The van der Waals surface area contributed by atoms with Gasteiger partial charge in [-0.25, -0.2) is 4.98 Å². The van der Waals surface area contributed by atoms with Gasteiger partial charge in [0.1, 0.15) is 11.6 Å². The number of hydrogen-bond donors (Lipinski definition) is 1. The van der Waals surface area contributed by atoms with Crippen molar-refractivity contribution in [2.75, 3.05) is 19.0 Å². The summed E-state index contributed by atoms with van der Waals surface area (Å²) < 4.78 is 5.13. The van der Waals surface area contributed by atoms with Gasteiger partial charge in [0.2, 0.25) is 5.88 Å². The first-order chi connectivity index (χ1) is 7.15. The van der Waals surface area contributed by atoms with E-state index >= 15 is 0 Å². The second-order valence-corrected chi connectivity index (χ2v) is 3.84. The Kier molecular flexibility index (Phi) is 4.34. The Morgan fingerprint density at radius 3 is 2.67 bits per heavy atom. The van der Waals surface area contributed by atoms with Gasteiger partial charge in [-0.05, 0) is 12.8 Å². The molecule has 0 atom stereocenters. The SMILES string of the molecule is CCNc1cc(OC)nc(CC(C)C)n1. The number of aromatic nitrogens is 2. The van der Waals surface area contributed by atoms with E-state index in [2.05, 4.69) is 29.1 Å². The molecule has 4 heteroatoms. The first kappa shape index (κ1) is 11.8. The van der Waals surface area contributed by atoms with Crippen molar-refractivity contribution in [3.05, 3.63) is 11.9 Å². The summed E-state index contributed by atoms with van der Waals surface area (Å²) in [6, 6.07) is 1.81. The minimum absolute atomic E-state index is 0.548. The van der Waals surface area contributed by atoms with Crippen molar-refractivity contribution in [3.63, 3.8) is 0 Å². The molecule has 0 aliphatic heterocycles. The maximum Gasteiger partial charge on any atom is 0.218 e. The molecule has 0 saturated heterocycles. The molecule has 1 heterocycles. The van der Waals surface area contributed by atoms with Crippen molar-refractivity contribution < 1.29 is 4.74 Å². The third-order valence-electron chi connectivity index (χ3n) is 1.91. The van der Waals surface area contributed by atoms with Crippen LogP contribution in [0.5, 0.6) is 5.88 Å². The molecule has 0 fully saturated rings. The Morgan fingerprint density at radius 1 is 1.40 bits per heavy atom. The first-order valence-corrected chi connectivity index (χ1v) is 5.31. The largest absolute Gasteiger partial charge is 0.481 e. The van der Waals surface area contributed by atoms with E-state index in [4.69, 9.17) is 4.74 Å². The summed E-state index contributed by atoms with van der Waals surface area (Å²) >= 11 is 0. The van der Waals surface area contributed by atoms with Gasteiger partial charge in [0.25, 0.3) is 0 Å². The number of rotatable bonds is 5.